The molecule has 3 heteroatoms. The summed E-state index contributed by atoms with van der Waals surface area (Å²) >= 11 is 0. The fourth-order valence-electron chi connectivity index (χ4n) is 6.71. The number of hydrogen-bond donors (Lipinski definition) is 0. The van der Waals surface area contributed by atoms with Gasteiger partial charge in [0, 0.05) is 16.7 Å². The Kier molecular flexibility index (Phi) is 6.62. The van der Waals surface area contributed by atoms with Gasteiger partial charge in [0.25, 0.3) is 0 Å². The van der Waals surface area contributed by atoms with Crippen molar-refractivity contribution in [1.29, 1.82) is 0 Å². The Labute approximate surface area is 265 Å². The van der Waals surface area contributed by atoms with Gasteiger partial charge in [-0.1, -0.05) is 147 Å². The van der Waals surface area contributed by atoms with Crippen LogP contribution in [0.2, 0.25) is 13.1 Å². The molecule has 0 spiro atoms. The van der Waals surface area contributed by atoms with Crippen molar-refractivity contribution in [1.82, 2.24) is 9.97 Å². The second-order valence-electron chi connectivity index (χ2n) is 12.3. The molecule has 8 rings (SSSR count). The lowest BCUT2D eigenvalue weighted by Crippen LogP contribution is -2.49. The maximum Gasteiger partial charge on any atom is 0.160 e. The predicted molar refractivity (Wildman–Crippen MR) is 191 cm³/mol. The zero-order chi connectivity index (χ0) is 30.4. The molecule has 1 aromatic heterocycles. The van der Waals surface area contributed by atoms with Gasteiger partial charge in [-0.25, -0.2) is 9.97 Å². The summed E-state index contributed by atoms with van der Waals surface area (Å²) in [5.74, 6) is 0.720. The molecule has 7 aromatic rings. The molecule has 0 unspecified atom stereocenters. The number of fused-ring (bicyclic) bond motifs is 3. The van der Waals surface area contributed by atoms with E-state index >= 15 is 0 Å². The van der Waals surface area contributed by atoms with Gasteiger partial charge in [0.2, 0.25) is 0 Å². The van der Waals surface area contributed by atoms with Crippen LogP contribution in [-0.4, -0.2) is 18.0 Å². The standard InChI is InChI=1S/C42H32N2Si/c1-45(2)40-22-10-9-21-36(40)37-27-34(23-24-41(37)45)32-18-11-17-31(25-32)33-19-12-20-35(26-33)42-43-38(29-13-5-3-6-14-29)28-39(44-42)30-15-7-4-8-16-30/h3-28H,1-2H3. The van der Waals surface area contributed by atoms with Gasteiger partial charge in [0.1, 0.15) is 8.07 Å². The van der Waals surface area contributed by atoms with Gasteiger partial charge >= 0.3 is 0 Å². The first-order valence-electron chi connectivity index (χ1n) is 15.5. The van der Waals surface area contributed by atoms with Crippen LogP contribution in [0, 0.1) is 0 Å². The molecule has 0 amide bonds. The summed E-state index contributed by atoms with van der Waals surface area (Å²) in [6.45, 7) is 4.93. The molecule has 2 nitrogen and oxygen atoms in total. The first-order chi connectivity index (χ1) is 22.0. The quantitative estimate of drug-likeness (QED) is 0.186. The minimum absolute atomic E-state index is 0.720. The predicted octanol–water partition coefficient (Wildman–Crippen LogP) is 9.61. The summed E-state index contributed by atoms with van der Waals surface area (Å²) in [6, 6.07) is 56.3. The summed E-state index contributed by atoms with van der Waals surface area (Å²) in [5.41, 5.74) is 12.6. The fourth-order valence-corrected chi connectivity index (χ4v) is 9.78. The highest BCUT2D eigenvalue weighted by Gasteiger charge is 2.37. The van der Waals surface area contributed by atoms with Gasteiger partial charge in [-0.2, -0.15) is 0 Å². The van der Waals surface area contributed by atoms with Crippen LogP contribution in [0.1, 0.15) is 0 Å². The summed E-state index contributed by atoms with van der Waals surface area (Å²) in [5, 5.41) is 3.07. The molecule has 0 fully saturated rings. The zero-order valence-corrected chi connectivity index (χ0v) is 26.4. The maximum atomic E-state index is 5.05. The summed E-state index contributed by atoms with van der Waals surface area (Å²) in [6.07, 6.45) is 0. The van der Waals surface area contributed by atoms with E-state index in [2.05, 4.69) is 159 Å². The van der Waals surface area contributed by atoms with E-state index in [9.17, 15) is 0 Å². The lowest BCUT2D eigenvalue weighted by atomic mass is 9.95. The lowest BCUT2D eigenvalue weighted by molar-refractivity contribution is 1.18. The third kappa shape index (κ3) is 4.92. The largest absolute Gasteiger partial charge is 0.228 e. The van der Waals surface area contributed by atoms with E-state index in [0.29, 0.717) is 0 Å². The first kappa shape index (κ1) is 27.2. The van der Waals surface area contributed by atoms with Gasteiger partial charge in [0.05, 0.1) is 11.4 Å². The molecule has 1 aliphatic heterocycles. The minimum atomic E-state index is -1.67. The van der Waals surface area contributed by atoms with Crippen LogP contribution < -0.4 is 10.4 Å². The fraction of sp³-hybridized carbons (Fsp3) is 0.0476. The van der Waals surface area contributed by atoms with Crippen molar-refractivity contribution >= 4 is 18.4 Å². The van der Waals surface area contributed by atoms with Gasteiger partial charge in [-0.15, -0.1) is 0 Å². The Morgan fingerprint density at radius 1 is 0.356 bits per heavy atom. The molecular formula is C42H32N2Si. The highest BCUT2D eigenvalue weighted by atomic mass is 28.3. The number of hydrogen-bond acceptors (Lipinski definition) is 2. The number of nitrogens with zero attached hydrogens (tertiary/aromatic N) is 2. The van der Waals surface area contributed by atoms with Crippen molar-refractivity contribution in [3.8, 4) is 67.3 Å². The van der Waals surface area contributed by atoms with E-state index in [-0.39, 0.29) is 0 Å². The molecule has 0 N–H and O–H groups in total. The smallest absolute Gasteiger partial charge is 0.160 e. The number of benzene rings is 6. The second kappa shape index (κ2) is 11.0. The molecular weight excluding hydrogens is 561 g/mol. The van der Waals surface area contributed by atoms with Crippen molar-refractivity contribution in [2.45, 2.75) is 13.1 Å². The van der Waals surface area contributed by atoms with Crippen LogP contribution >= 0.6 is 0 Å². The summed E-state index contributed by atoms with van der Waals surface area (Å²) in [4.78, 5) is 10.1. The Morgan fingerprint density at radius 3 is 1.44 bits per heavy atom. The Balaban J connectivity index is 1.19. The molecule has 1 aliphatic rings. The SMILES string of the molecule is C[Si]1(C)c2ccccc2-c2cc(-c3cccc(-c4cccc(-c5nc(-c6ccccc6)cc(-c6ccccc6)n5)c4)c3)ccc21. The van der Waals surface area contributed by atoms with E-state index in [0.717, 1.165) is 39.5 Å². The van der Waals surface area contributed by atoms with Crippen LogP contribution in [-0.2, 0) is 0 Å². The average molecular weight is 593 g/mol. The molecule has 0 aliphatic carbocycles. The van der Waals surface area contributed by atoms with Crippen LogP contribution in [0.25, 0.3) is 67.3 Å². The van der Waals surface area contributed by atoms with Crippen LogP contribution in [0.5, 0.6) is 0 Å². The Bertz CT molecular complexity index is 2130. The van der Waals surface area contributed by atoms with E-state index in [1.807, 2.05) is 12.1 Å². The molecule has 0 saturated carbocycles. The first-order valence-corrected chi connectivity index (χ1v) is 18.5. The highest BCUT2D eigenvalue weighted by molar-refractivity contribution is 7.03. The zero-order valence-electron chi connectivity index (χ0n) is 25.4. The van der Waals surface area contributed by atoms with Crippen molar-refractivity contribution < 1.29 is 0 Å². The Hall–Kier alpha value is -5.38. The van der Waals surface area contributed by atoms with Gasteiger partial charge < -0.3 is 0 Å². The third-order valence-corrected chi connectivity index (χ3v) is 12.7. The summed E-state index contributed by atoms with van der Waals surface area (Å²) in [7, 11) is -1.67. The molecule has 0 saturated heterocycles. The average Bonchev–Trinajstić information content (AvgIpc) is 3.34. The molecule has 6 aromatic carbocycles. The normalized spacial score (nSPS) is 12.8. The van der Waals surface area contributed by atoms with E-state index in [1.165, 1.54) is 38.2 Å². The van der Waals surface area contributed by atoms with Crippen molar-refractivity contribution in [2.75, 3.05) is 0 Å². The number of aromatic nitrogens is 2. The van der Waals surface area contributed by atoms with Crippen LogP contribution in [0.3, 0.4) is 0 Å². The molecule has 0 radical (unpaired) electrons. The van der Waals surface area contributed by atoms with Crippen LogP contribution in [0.4, 0.5) is 0 Å². The topological polar surface area (TPSA) is 25.8 Å². The number of rotatable bonds is 5. The summed E-state index contributed by atoms with van der Waals surface area (Å²) < 4.78 is 0. The third-order valence-electron chi connectivity index (χ3n) is 9.10. The highest BCUT2D eigenvalue weighted by Crippen LogP contribution is 2.34. The van der Waals surface area contributed by atoms with Crippen molar-refractivity contribution in [3.05, 3.63) is 158 Å². The van der Waals surface area contributed by atoms with Gasteiger partial charge in [-0.3, -0.25) is 0 Å². The second-order valence-corrected chi connectivity index (χ2v) is 16.6. The lowest BCUT2D eigenvalue weighted by Gasteiger charge is -2.18. The Morgan fingerprint density at radius 2 is 0.822 bits per heavy atom. The van der Waals surface area contributed by atoms with Gasteiger partial charge in [0.15, 0.2) is 5.82 Å². The minimum Gasteiger partial charge on any atom is -0.228 e. The van der Waals surface area contributed by atoms with E-state index in [4.69, 9.17) is 9.97 Å². The van der Waals surface area contributed by atoms with E-state index < -0.39 is 8.07 Å². The van der Waals surface area contributed by atoms with Crippen LogP contribution in [0.15, 0.2) is 158 Å². The molecule has 0 bridgehead atoms. The molecule has 214 valence electrons. The molecule has 0 atom stereocenters. The van der Waals surface area contributed by atoms with E-state index in [1.54, 1.807) is 0 Å². The molecule has 45 heavy (non-hydrogen) atoms. The van der Waals surface area contributed by atoms with Crippen molar-refractivity contribution in [2.24, 2.45) is 0 Å². The van der Waals surface area contributed by atoms with Crippen molar-refractivity contribution in [3.63, 3.8) is 0 Å². The maximum absolute atomic E-state index is 5.05. The molecule has 2 heterocycles. The van der Waals surface area contributed by atoms with Gasteiger partial charge in [-0.05, 0) is 68.0 Å². The monoisotopic (exact) mass is 592 g/mol.